The lowest BCUT2D eigenvalue weighted by molar-refractivity contribution is 0.669. The number of anilines is 3. The predicted octanol–water partition coefficient (Wildman–Crippen LogP) is 11.0. The van der Waals surface area contributed by atoms with Crippen LogP contribution in [-0.4, -0.2) is 4.98 Å². The fourth-order valence-electron chi connectivity index (χ4n) is 6.18. The SMILES string of the molecule is c1ccc(-c2nc3c(s2)-c2cc(N(c4ccccc4)c4ccc5oc6ccccc6c5c4)cc4cccc-3c24)cc1. The van der Waals surface area contributed by atoms with Gasteiger partial charge in [-0.25, -0.2) is 4.98 Å². The molecule has 0 radical (unpaired) electrons. The molecule has 6 aromatic carbocycles. The van der Waals surface area contributed by atoms with Gasteiger partial charge in [0.05, 0.1) is 10.6 Å². The van der Waals surface area contributed by atoms with E-state index in [0.29, 0.717) is 0 Å². The highest BCUT2D eigenvalue weighted by Crippen LogP contribution is 2.53. The molecule has 0 saturated heterocycles. The van der Waals surface area contributed by atoms with Crippen LogP contribution in [0.5, 0.6) is 0 Å². The van der Waals surface area contributed by atoms with Crippen LogP contribution in [0.2, 0.25) is 0 Å². The molecule has 0 saturated carbocycles. The number of hydrogen-bond donors (Lipinski definition) is 0. The van der Waals surface area contributed by atoms with Crippen molar-refractivity contribution in [3.8, 4) is 32.3 Å². The molecule has 1 aliphatic rings. The Kier molecular flexibility index (Phi) is 4.77. The van der Waals surface area contributed by atoms with E-state index in [9.17, 15) is 0 Å². The molecule has 0 aliphatic heterocycles. The molecular weight excluding hydrogens is 520 g/mol. The molecule has 1 aliphatic carbocycles. The molecule has 2 heterocycles. The second kappa shape index (κ2) is 8.65. The maximum Gasteiger partial charge on any atom is 0.135 e. The van der Waals surface area contributed by atoms with Crippen LogP contribution in [0.3, 0.4) is 0 Å². The average Bonchev–Trinajstić information content (AvgIpc) is 3.71. The lowest BCUT2D eigenvalue weighted by atomic mass is 10.0. The zero-order valence-electron chi connectivity index (χ0n) is 21.9. The van der Waals surface area contributed by atoms with Crippen LogP contribution in [0, 0.1) is 0 Å². The second-order valence-corrected chi connectivity index (χ2v) is 11.4. The molecule has 0 atom stereocenters. The Labute approximate surface area is 240 Å². The molecule has 0 unspecified atom stereocenters. The van der Waals surface area contributed by atoms with Crippen LogP contribution >= 0.6 is 11.3 Å². The molecule has 2 aromatic heterocycles. The average molecular weight is 543 g/mol. The van der Waals surface area contributed by atoms with Crippen molar-refractivity contribution in [3.05, 3.63) is 133 Å². The molecular formula is C37H22N2OS. The highest BCUT2D eigenvalue weighted by Gasteiger charge is 2.28. The van der Waals surface area contributed by atoms with E-state index in [1.54, 1.807) is 11.3 Å². The van der Waals surface area contributed by atoms with Crippen LogP contribution in [0.25, 0.3) is 65.0 Å². The number of rotatable bonds is 4. The van der Waals surface area contributed by atoms with Crippen molar-refractivity contribution in [3.63, 3.8) is 0 Å². The third-order valence-corrected chi connectivity index (χ3v) is 9.14. The standard InChI is InChI=1S/C37H22N2OS/c1-3-10-23(11-4-1)37-38-35-29-16-9-12-24-20-27(22-31(34(24)29)36(35)41-37)39(25-13-5-2-6-14-25)26-18-19-33-30(21-26)28-15-7-8-17-32(28)40-33/h1-22H. The minimum atomic E-state index is 0.896. The van der Waals surface area contributed by atoms with Crippen molar-refractivity contribution < 1.29 is 4.42 Å². The normalized spacial score (nSPS) is 11.9. The molecule has 0 fully saturated rings. The first-order valence-electron chi connectivity index (χ1n) is 13.7. The maximum absolute atomic E-state index is 6.15. The topological polar surface area (TPSA) is 29.3 Å². The van der Waals surface area contributed by atoms with E-state index >= 15 is 0 Å². The smallest absolute Gasteiger partial charge is 0.135 e. The van der Waals surface area contributed by atoms with Crippen molar-refractivity contribution in [2.24, 2.45) is 0 Å². The van der Waals surface area contributed by atoms with Gasteiger partial charge in [0.1, 0.15) is 16.2 Å². The van der Waals surface area contributed by atoms with Crippen molar-refractivity contribution in [2.75, 3.05) is 4.90 Å². The molecule has 192 valence electrons. The molecule has 8 aromatic rings. The summed E-state index contributed by atoms with van der Waals surface area (Å²) in [5.41, 5.74) is 9.82. The van der Waals surface area contributed by atoms with Gasteiger partial charge in [0.15, 0.2) is 0 Å². The number of fused-ring (bicyclic) bond motifs is 6. The molecule has 3 nitrogen and oxygen atoms in total. The Bertz CT molecular complexity index is 2260. The molecule has 9 rings (SSSR count). The summed E-state index contributed by atoms with van der Waals surface area (Å²) in [6.45, 7) is 0. The highest BCUT2D eigenvalue weighted by atomic mass is 32.1. The third kappa shape index (κ3) is 3.41. The number of hydrogen-bond acceptors (Lipinski definition) is 4. The van der Waals surface area contributed by atoms with Gasteiger partial charge in [-0.1, -0.05) is 84.9 Å². The van der Waals surface area contributed by atoms with E-state index in [1.165, 1.54) is 26.8 Å². The predicted molar refractivity (Wildman–Crippen MR) is 171 cm³/mol. The van der Waals surface area contributed by atoms with Crippen LogP contribution in [0.4, 0.5) is 17.1 Å². The Morgan fingerprint density at radius 1 is 0.561 bits per heavy atom. The van der Waals surface area contributed by atoms with Gasteiger partial charge in [-0.3, -0.25) is 0 Å². The molecule has 0 amide bonds. The van der Waals surface area contributed by atoms with Gasteiger partial charge in [-0.2, -0.15) is 0 Å². The van der Waals surface area contributed by atoms with Gasteiger partial charge in [-0.15, -0.1) is 11.3 Å². The van der Waals surface area contributed by atoms with Crippen LogP contribution in [0.15, 0.2) is 138 Å². The summed E-state index contributed by atoms with van der Waals surface area (Å²) in [7, 11) is 0. The first kappa shape index (κ1) is 22.6. The fourth-order valence-corrected chi connectivity index (χ4v) is 7.29. The summed E-state index contributed by atoms with van der Waals surface area (Å²) in [6, 6.07) is 47.0. The number of thiazole rings is 1. The van der Waals surface area contributed by atoms with E-state index in [4.69, 9.17) is 9.40 Å². The number of benzene rings is 6. The number of nitrogens with zero attached hydrogens (tertiary/aromatic N) is 2. The molecule has 41 heavy (non-hydrogen) atoms. The van der Waals surface area contributed by atoms with Gasteiger partial charge in [0.25, 0.3) is 0 Å². The van der Waals surface area contributed by atoms with Crippen LogP contribution in [-0.2, 0) is 0 Å². The largest absolute Gasteiger partial charge is 0.456 e. The van der Waals surface area contributed by atoms with E-state index < -0.39 is 0 Å². The molecule has 0 spiro atoms. The van der Waals surface area contributed by atoms with Crippen molar-refractivity contribution >= 4 is 61.1 Å². The van der Waals surface area contributed by atoms with E-state index in [2.05, 4.69) is 126 Å². The summed E-state index contributed by atoms with van der Waals surface area (Å²) in [5, 5.41) is 5.80. The van der Waals surface area contributed by atoms with E-state index in [-0.39, 0.29) is 0 Å². The number of para-hydroxylation sites is 2. The second-order valence-electron chi connectivity index (χ2n) is 10.4. The van der Waals surface area contributed by atoms with Gasteiger partial charge in [-0.05, 0) is 59.3 Å². The zero-order valence-corrected chi connectivity index (χ0v) is 22.7. The summed E-state index contributed by atoms with van der Waals surface area (Å²) in [5.74, 6) is 0. The Morgan fingerprint density at radius 2 is 1.34 bits per heavy atom. The monoisotopic (exact) mass is 542 g/mol. The van der Waals surface area contributed by atoms with Crippen LogP contribution < -0.4 is 4.90 Å². The quantitative estimate of drug-likeness (QED) is 0.221. The lowest BCUT2D eigenvalue weighted by Crippen LogP contribution is -2.09. The van der Waals surface area contributed by atoms with Crippen molar-refractivity contribution in [1.29, 1.82) is 0 Å². The zero-order chi connectivity index (χ0) is 26.9. The first-order valence-corrected chi connectivity index (χ1v) is 14.5. The number of aromatic nitrogens is 1. The Balaban J connectivity index is 1.27. The highest BCUT2D eigenvalue weighted by molar-refractivity contribution is 7.19. The van der Waals surface area contributed by atoms with E-state index in [0.717, 1.165) is 55.3 Å². The summed E-state index contributed by atoms with van der Waals surface area (Å²) in [4.78, 5) is 8.73. The molecule has 4 heteroatoms. The minimum Gasteiger partial charge on any atom is -0.456 e. The third-order valence-electron chi connectivity index (χ3n) is 8.00. The van der Waals surface area contributed by atoms with Crippen molar-refractivity contribution in [1.82, 2.24) is 4.98 Å². The van der Waals surface area contributed by atoms with Gasteiger partial charge in [0, 0.05) is 44.5 Å². The Hall–Kier alpha value is -5.19. The first-order chi connectivity index (χ1) is 20.3. The van der Waals surface area contributed by atoms with Gasteiger partial charge in [0.2, 0.25) is 0 Å². The summed E-state index contributed by atoms with van der Waals surface area (Å²) >= 11 is 1.78. The molecule has 0 bridgehead atoms. The van der Waals surface area contributed by atoms with Gasteiger partial charge >= 0.3 is 0 Å². The minimum absolute atomic E-state index is 0.896. The summed E-state index contributed by atoms with van der Waals surface area (Å²) in [6.07, 6.45) is 0. The van der Waals surface area contributed by atoms with E-state index in [1.807, 2.05) is 12.1 Å². The fraction of sp³-hybridized carbons (Fsp3) is 0. The lowest BCUT2D eigenvalue weighted by Gasteiger charge is -2.26. The summed E-state index contributed by atoms with van der Waals surface area (Å²) < 4.78 is 6.15. The Morgan fingerprint density at radius 3 is 2.22 bits per heavy atom. The van der Waals surface area contributed by atoms with Crippen LogP contribution in [0.1, 0.15) is 0 Å². The molecule has 0 N–H and O–H groups in total. The maximum atomic E-state index is 6.15. The van der Waals surface area contributed by atoms with Gasteiger partial charge < -0.3 is 9.32 Å². The van der Waals surface area contributed by atoms with Crippen molar-refractivity contribution in [2.45, 2.75) is 0 Å². The number of furan rings is 1.